The molecule has 4 rings (SSSR count). The van der Waals surface area contributed by atoms with Crippen LogP contribution in [0.4, 0.5) is 65.9 Å². The first-order valence-electron chi connectivity index (χ1n) is 11.0. The molecule has 0 saturated heterocycles. The third-order valence-corrected chi connectivity index (χ3v) is 6.13. The van der Waals surface area contributed by atoms with E-state index in [1.54, 1.807) is 0 Å². The standard InChI is InChI=1S/C27F15N3/c1-45-27(11-16(32)22(38)26(42)23(39)17(11)33)10-6(4(2-43)8-12(28)18(34)24(40)19(35)13(8)29)7(10)5(3-44)9-14(30)20(36)25(41)21(37)15(9)31/b6-4-,7-5+,27-10?. The van der Waals surface area contributed by atoms with E-state index in [2.05, 4.69) is 4.85 Å². The predicted molar refractivity (Wildman–Crippen MR) is 117 cm³/mol. The summed E-state index contributed by atoms with van der Waals surface area (Å²) in [6.45, 7) is 7.25. The van der Waals surface area contributed by atoms with Crippen LogP contribution in [0.3, 0.4) is 0 Å². The summed E-state index contributed by atoms with van der Waals surface area (Å²) in [5.74, 6) is -41.5. The lowest BCUT2D eigenvalue weighted by Gasteiger charge is -2.07. The van der Waals surface area contributed by atoms with Gasteiger partial charge in [0.1, 0.15) is 12.1 Å². The number of hydrogen-bond acceptors (Lipinski definition) is 2. The Morgan fingerprint density at radius 3 is 0.822 bits per heavy atom. The summed E-state index contributed by atoms with van der Waals surface area (Å²) >= 11 is 0. The fourth-order valence-electron chi connectivity index (χ4n) is 4.10. The molecule has 1 fully saturated rings. The van der Waals surface area contributed by atoms with Crippen LogP contribution in [0.25, 0.3) is 21.7 Å². The summed E-state index contributed by atoms with van der Waals surface area (Å²) < 4.78 is 213. The molecule has 1 aliphatic rings. The summed E-state index contributed by atoms with van der Waals surface area (Å²) in [5.41, 5.74) is -16.9. The van der Waals surface area contributed by atoms with E-state index < -0.39 is 138 Å². The van der Waals surface area contributed by atoms with Gasteiger partial charge < -0.3 is 0 Å². The zero-order chi connectivity index (χ0) is 34.0. The second-order valence-electron chi connectivity index (χ2n) is 8.39. The van der Waals surface area contributed by atoms with Gasteiger partial charge in [0.05, 0.1) is 34.4 Å². The van der Waals surface area contributed by atoms with Crippen molar-refractivity contribution in [3.05, 3.63) is 132 Å². The summed E-state index contributed by atoms with van der Waals surface area (Å²) in [4.78, 5) is 2.48. The highest BCUT2D eigenvalue weighted by atomic mass is 19.2. The zero-order valence-electron chi connectivity index (χ0n) is 20.5. The van der Waals surface area contributed by atoms with Gasteiger partial charge in [0.15, 0.2) is 75.6 Å². The van der Waals surface area contributed by atoms with Crippen LogP contribution >= 0.6 is 0 Å². The third-order valence-electron chi connectivity index (χ3n) is 6.13. The van der Waals surface area contributed by atoms with Gasteiger partial charge in [-0.25, -0.2) is 70.7 Å². The minimum Gasteiger partial charge on any atom is -0.237 e. The Labute approximate surface area is 238 Å². The normalized spacial score (nSPS) is 15.7. The molecule has 0 amide bonds. The molecule has 228 valence electrons. The SMILES string of the molecule is [C-]#[N+]C(=C1C(=C(\C#N)c2c(F)c(F)c(F)c(F)c2F)/C1=C(\C#N)c1c(F)c(F)c(F)c(F)c1F)c1c(F)c(F)c(F)c(F)c1F. The van der Waals surface area contributed by atoms with Crippen LogP contribution in [0.1, 0.15) is 16.7 Å². The van der Waals surface area contributed by atoms with Crippen LogP contribution < -0.4 is 0 Å². The minimum atomic E-state index is -2.81. The van der Waals surface area contributed by atoms with Gasteiger partial charge in [-0.3, -0.25) is 0 Å². The van der Waals surface area contributed by atoms with Crippen LogP contribution in [0, 0.1) is 116 Å². The monoisotopic (exact) mass is 651 g/mol. The minimum absolute atomic E-state index is 0.851. The van der Waals surface area contributed by atoms with Gasteiger partial charge in [0, 0.05) is 0 Å². The first kappa shape index (κ1) is 32.2. The van der Waals surface area contributed by atoms with Crippen LogP contribution in [-0.4, -0.2) is 0 Å². The highest BCUT2D eigenvalue weighted by Crippen LogP contribution is 2.57. The van der Waals surface area contributed by atoms with E-state index in [4.69, 9.17) is 6.57 Å². The van der Waals surface area contributed by atoms with Crippen molar-refractivity contribution < 1.29 is 65.9 Å². The third kappa shape index (κ3) is 4.47. The maximum absolute atomic E-state index is 14.7. The van der Waals surface area contributed by atoms with E-state index in [1.807, 2.05) is 0 Å². The van der Waals surface area contributed by atoms with Gasteiger partial charge in [-0.2, -0.15) is 10.5 Å². The number of benzene rings is 3. The molecule has 0 bridgehead atoms. The molecule has 3 nitrogen and oxygen atoms in total. The summed E-state index contributed by atoms with van der Waals surface area (Å²) in [6.07, 6.45) is 0. The van der Waals surface area contributed by atoms with E-state index in [0.717, 1.165) is 12.1 Å². The van der Waals surface area contributed by atoms with Crippen LogP contribution in [0.5, 0.6) is 0 Å². The van der Waals surface area contributed by atoms with E-state index in [1.165, 1.54) is 0 Å². The van der Waals surface area contributed by atoms with Gasteiger partial charge in [-0.15, -0.1) is 0 Å². The first-order chi connectivity index (χ1) is 21.0. The van der Waals surface area contributed by atoms with E-state index >= 15 is 0 Å². The number of nitrogens with zero attached hydrogens (tertiary/aromatic N) is 3. The highest BCUT2D eigenvalue weighted by molar-refractivity contribution is 6.11. The molecule has 3 aromatic carbocycles. The fourth-order valence-corrected chi connectivity index (χ4v) is 4.10. The number of allylic oxidation sites excluding steroid dienone is 5. The van der Waals surface area contributed by atoms with Gasteiger partial charge in [0.2, 0.25) is 17.3 Å². The average Bonchev–Trinajstić information content (AvgIpc) is 3.74. The molecule has 1 aliphatic carbocycles. The van der Waals surface area contributed by atoms with Crippen molar-refractivity contribution in [3.63, 3.8) is 0 Å². The molecule has 0 radical (unpaired) electrons. The molecule has 18 heteroatoms. The highest BCUT2D eigenvalue weighted by Gasteiger charge is 2.46. The Bertz CT molecular complexity index is 1800. The van der Waals surface area contributed by atoms with Crippen molar-refractivity contribution in [1.82, 2.24) is 0 Å². The molecule has 45 heavy (non-hydrogen) atoms. The predicted octanol–water partition coefficient (Wildman–Crippen LogP) is 8.37. The van der Waals surface area contributed by atoms with Gasteiger partial charge in [0.25, 0.3) is 0 Å². The molecule has 0 atom stereocenters. The molecule has 0 spiro atoms. The largest absolute Gasteiger partial charge is 0.237 e. The summed E-state index contributed by atoms with van der Waals surface area (Å²) in [5, 5.41) is 19.2. The van der Waals surface area contributed by atoms with Crippen LogP contribution in [0.15, 0.2) is 16.7 Å². The fraction of sp³-hybridized carbons (Fsp3) is 0. The number of nitriles is 2. The molecule has 0 aromatic heterocycles. The Balaban J connectivity index is 2.36. The second-order valence-corrected chi connectivity index (χ2v) is 8.39. The molecule has 0 unspecified atom stereocenters. The van der Waals surface area contributed by atoms with Crippen molar-refractivity contribution in [2.75, 3.05) is 0 Å². The zero-order valence-corrected chi connectivity index (χ0v) is 20.5. The number of rotatable bonds is 3. The number of halogens is 15. The van der Waals surface area contributed by atoms with E-state index in [-0.39, 0.29) is 0 Å². The summed E-state index contributed by atoms with van der Waals surface area (Å²) in [6, 6.07) is 1.70. The van der Waals surface area contributed by atoms with Crippen molar-refractivity contribution in [2.24, 2.45) is 0 Å². The summed E-state index contributed by atoms with van der Waals surface area (Å²) in [7, 11) is 0. The maximum Gasteiger partial charge on any atom is 0.208 e. The van der Waals surface area contributed by atoms with Crippen LogP contribution in [0.2, 0.25) is 0 Å². The van der Waals surface area contributed by atoms with Crippen molar-refractivity contribution >= 4 is 16.8 Å². The van der Waals surface area contributed by atoms with Crippen molar-refractivity contribution in [2.45, 2.75) is 0 Å². The van der Waals surface area contributed by atoms with Crippen molar-refractivity contribution in [3.8, 4) is 12.1 Å². The van der Waals surface area contributed by atoms with Crippen LogP contribution in [-0.2, 0) is 0 Å². The lowest BCUT2D eigenvalue weighted by atomic mass is 10.0. The average molecular weight is 651 g/mol. The smallest absolute Gasteiger partial charge is 0.208 e. The quantitative estimate of drug-likeness (QED) is 0.0940. The first-order valence-corrected chi connectivity index (χ1v) is 11.0. The molecule has 0 aliphatic heterocycles. The Hall–Kier alpha value is -5.70. The maximum atomic E-state index is 14.7. The van der Waals surface area contributed by atoms with Gasteiger partial charge in [-0.05, 0) is 16.7 Å². The molecule has 1 saturated carbocycles. The van der Waals surface area contributed by atoms with Crippen molar-refractivity contribution in [1.29, 1.82) is 10.5 Å². The van der Waals surface area contributed by atoms with Gasteiger partial charge in [-0.1, -0.05) is 0 Å². The molecule has 0 N–H and O–H groups in total. The lowest BCUT2D eigenvalue weighted by molar-refractivity contribution is 0.376. The molecule has 3 aromatic rings. The molecule has 0 heterocycles. The lowest BCUT2D eigenvalue weighted by Crippen LogP contribution is -2.07. The number of hydrogen-bond donors (Lipinski definition) is 0. The Morgan fingerprint density at radius 2 is 0.600 bits per heavy atom. The Kier molecular flexibility index (Phi) is 7.94. The van der Waals surface area contributed by atoms with E-state index in [9.17, 15) is 76.4 Å². The van der Waals surface area contributed by atoms with Gasteiger partial charge >= 0.3 is 0 Å². The molecular formula is C27F15N3. The topological polar surface area (TPSA) is 51.9 Å². The van der Waals surface area contributed by atoms with E-state index in [0.29, 0.717) is 0 Å². The molecular weight excluding hydrogens is 651 g/mol. The second kappa shape index (κ2) is 11.1. The Morgan fingerprint density at radius 1 is 0.378 bits per heavy atom.